The molecule has 4 heteroatoms. The zero-order chi connectivity index (χ0) is 10.1. The van der Waals surface area contributed by atoms with Crippen LogP contribution in [0.1, 0.15) is 13.8 Å². The lowest BCUT2D eigenvalue weighted by Gasteiger charge is -2.28. The van der Waals surface area contributed by atoms with Gasteiger partial charge < -0.3 is 4.74 Å². The van der Waals surface area contributed by atoms with Crippen LogP contribution < -0.4 is 0 Å². The highest BCUT2D eigenvalue weighted by molar-refractivity contribution is 9.09. The van der Waals surface area contributed by atoms with Crippen LogP contribution in [0.15, 0.2) is 11.9 Å². The van der Waals surface area contributed by atoms with E-state index < -0.39 is 0 Å². The van der Waals surface area contributed by atoms with Crippen molar-refractivity contribution in [3.05, 3.63) is 11.9 Å². The lowest BCUT2D eigenvalue weighted by atomic mass is 10.2. The lowest BCUT2D eigenvalue weighted by Crippen LogP contribution is -2.39. The van der Waals surface area contributed by atoms with Crippen molar-refractivity contribution in [3.8, 4) is 0 Å². The first-order chi connectivity index (χ1) is 5.97. The monoisotopic (exact) mass is 251 g/mol. The first kappa shape index (κ1) is 11.1. The van der Waals surface area contributed by atoms with Gasteiger partial charge in [0.15, 0.2) is 0 Å². The first-order valence-corrected chi connectivity index (χ1v) is 5.38. The fourth-order valence-corrected chi connectivity index (χ4v) is 1.50. The van der Waals surface area contributed by atoms with Crippen LogP contribution >= 0.6 is 15.9 Å². The predicted octanol–water partition coefficient (Wildman–Crippen LogP) is 2.30. The Kier molecular flexibility index (Phi) is 3.49. The topological polar surface area (TPSA) is 12.5 Å². The maximum Gasteiger partial charge on any atom is 0.116 e. The van der Waals surface area contributed by atoms with E-state index in [0.29, 0.717) is 6.61 Å². The van der Waals surface area contributed by atoms with Gasteiger partial charge in [-0.25, -0.2) is 4.39 Å². The van der Waals surface area contributed by atoms with Crippen molar-refractivity contribution < 1.29 is 9.13 Å². The van der Waals surface area contributed by atoms with Gasteiger partial charge in [-0.1, -0.05) is 15.9 Å². The number of rotatable bonds is 2. The van der Waals surface area contributed by atoms with E-state index in [1.165, 1.54) is 0 Å². The molecule has 0 aromatic carbocycles. The van der Waals surface area contributed by atoms with Crippen LogP contribution in [0.5, 0.6) is 0 Å². The molecule has 0 aliphatic carbocycles. The first-order valence-electron chi connectivity index (χ1n) is 4.26. The molecule has 0 amide bonds. The van der Waals surface area contributed by atoms with E-state index in [9.17, 15) is 4.39 Å². The third-order valence-electron chi connectivity index (χ3n) is 2.46. The molecule has 0 saturated carbocycles. The minimum absolute atomic E-state index is 0.0487. The third-order valence-corrected chi connectivity index (χ3v) is 2.99. The van der Waals surface area contributed by atoms with E-state index in [1.807, 2.05) is 25.8 Å². The van der Waals surface area contributed by atoms with Gasteiger partial charge in [0, 0.05) is 0 Å². The van der Waals surface area contributed by atoms with Gasteiger partial charge >= 0.3 is 0 Å². The summed E-state index contributed by atoms with van der Waals surface area (Å²) in [7, 11) is 1.94. The second-order valence-electron chi connectivity index (χ2n) is 3.68. The minimum Gasteiger partial charge on any atom is -0.359 e. The van der Waals surface area contributed by atoms with E-state index in [1.54, 1.807) is 6.08 Å². The molecule has 0 bridgehead atoms. The van der Waals surface area contributed by atoms with Crippen molar-refractivity contribution in [3.63, 3.8) is 0 Å². The molecule has 0 N–H and O–H groups in total. The summed E-state index contributed by atoms with van der Waals surface area (Å²) in [4.78, 5) is 2.02. The van der Waals surface area contributed by atoms with Crippen molar-refractivity contribution >= 4 is 15.9 Å². The normalized spacial score (nSPS) is 29.6. The fourth-order valence-electron chi connectivity index (χ4n) is 1.32. The summed E-state index contributed by atoms with van der Waals surface area (Å²) in [5.74, 6) is -0.141. The molecule has 1 rings (SSSR count). The average Bonchev–Trinajstić information content (AvgIpc) is 2.32. The number of hydrogen-bond donors (Lipinski definition) is 0. The smallest absolute Gasteiger partial charge is 0.116 e. The quantitative estimate of drug-likeness (QED) is 0.699. The summed E-state index contributed by atoms with van der Waals surface area (Å²) >= 11 is 3.07. The van der Waals surface area contributed by atoms with E-state index in [2.05, 4.69) is 15.9 Å². The molecule has 1 aliphatic rings. The van der Waals surface area contributed by atoms with E-state index in [-0.39, 0.29) is 22.9 Å². The molecule has 2 nitrogen and oxygen atoms in total. The Morgan fingerprint density at radius 1 is 1.77 bits per heavy atom. The van der Waals surface area contributed by atoms with Gasteiger partial charge in [-0.3, -0.25) is 4.90 Å². The van der Waals surface area contributed by atoms with Gasteiger partial charge in [-0.2, -0.15) is 0 Å². The molecule has 1 heterocycles. The molecular formula is C9H15BrFNO. The molecule has 76 valence electrons. The van der Waals surface area contributed by atoms with Crippen LogP contribution in [-0.4, -0.2) is 35.7 Å². The maximum atomic E-state index is 12.9. The van der Waals surface area contributed by atoms with E-state index >= 15 is 0 Å². The highest BCUT2D eigenvalue weighted by Gasteiger charge is 2.36. The van der Waals surface area contributed by atoms with Gasteiger partial charge in [-0.15, -0.1) is 0 Å². The van der Waals surface area contributed by atoms with Crippen LogP contribution in [0.25, 0.3) is 0 Å². The molecule has 1 fully saturated rings. The SMILES string of the molecule is CN1[C@H](C=C(F)CBr)COC1(C)C. The minimum atomic E-state index is -0.284. The Labute approximate surface area is 86.9 Å². The van der Waals surface area contributed by atoms with Gasteiger partial charge in [0.25, 0.3) is 0 Å². The summed E-state index contributed by atoms with van der Waals surface area (Å²) in [6, 6.07) is 0.0487. The van der Waals surface area contributed by atoms with Crippen molar-refractivity contribution in [1.29, 1.82) is 0 Å². The Hall–Kier alpha value is 0.0700. The Morgan fingerprint density at radius 2 is 2.38 bits per heavy atom. The van der Waals surface area contributed by atoms with E-state index in [4.69, 9.17) is 4.74 Å². The second kappa shape index (κ2) is 4.07. The molecule has 0 aromatic rings. The predicted molar refractivity (Wildman–Crippen MR) is 54.6 cm³/mol. The third kappa shape index (κ3) is 2.51. The molecule has 13 heavy (non-hydrogen) atoms. The summed E-state index contributed by atoms with van der Waals surface area (Å²) in [6.45, 7) is 4.52. The number of nitrogens with zero attached hydrogens (tertiary/aromatic N) is 1. The Bertz CT molecular complexity index is 218. The molecule has 1 aliphatic heterocycles. The maximum absolute atomic E-state index is 12.9. The standard InChI is InChI=1S/C9H15BrFNO/c1-9(2)12(3)8(6-13-9)4-7(11)5-10/h4,8H,5-6H2,1-3H3/t8-/m1/s1. The lowest BCUT2D eigenvalue weighted by molar-refractivity contribution is -0.0402. The van der Waals surface area contributed by atoms with Crippen molar-refractivity contribution in [1.82, 2.24) is 4.90 Å². The molecule has 0 radical (unpaired) electrons. The summed E-state index contributed by atoms with van der Waals surface area (Å²) in [5.41, 5.74) is -0.284. The zero-order valence-corrected chi connectivity index (χ0v) is 9.77. The fraction of sp³-hybridized carbons (Fsp3) is 0.778. The zero-order valence-electron chi connectivity index (χ0n) is 8.18. The largest absolute Gasteiger partial charge is 0.359 e. The number of likely N-dealkylation sites (N-methyl/N-ethyl adjacent to an activating group) is 1. The summed E-state index contributed by atoms with van der Waals surface area (Å²) in [5, 5.41) is 0.276. The molecule has 0 spiro atoms. The van der Waals surface area contributed by atoms with Crippen LogP contribution in [0, 0.1) is 0 Å². The number of allylic oxidation sites excluding steroid dienone is 1. The molecule has 0 aromatic heterocycles. The Balaban J connectivity index is 2.66. The van der Waals surface area contributed by atoms with Gasteiger partial charge in [0.1, 0.15) is 11.6 Å². The van der Waals surface area contributed by atoms with Gasteiger partial charge in [-0.05, 0) is 27.0 Å². The summed E-state index contributed by atoms with van der Waals surface area (Å²) in [6.07, 6.45) is 1.60. The van der Waals surface area contributed by atoms with E-state index in [0.717, 1.165) is 0 Å². The number of halogens is 2. The Morgan fingerprint density at radius 3 is 2.77 bits per heavy atom. The van der Waals surface area contributed by atoms with Gasteiger partial charge in [0.2, 0.25) is 0 Å². The van der Waals surface area contributed by atoms with Gasteiger partial charge in [0.05, 0.1) is 18.0 Å². The molecular weight excluding hydrogens is 237 g/mol. The van der Waals surface area contributed by atoms with Crippen LogP contribution in [-0.2, 0) is 4.74 Å². The number of hydrogen-bond acceptors (Lipinski definition) is 2. The highest BCUT2D eigenvalue weighted by atomic mass is 79.9. The van der Waals surface area contributed by atoms with Crippen LogP contribution in [0.4, 0.5) is 4.39 Å². The molecule has 1 saturated heterocycles. The second-order valence-corrected chi connectivity index (χ2v) is 4.24. The van der Waals surface area contributed by atoms with Crippen molar-refractivity contribution in [2.75, 3.05) is 19.0 Å². The summed E-state index contributed by atoms with van der Waals surface area (Å²) < 4.78 is 18.5. The van der Waals surface area contributed by atoms with Crippen molar-refractivity contribution in [2.45, 2.75) is 25.6 Å². The molecule has 0 unspecified atom stereocenters. The molecule has 1 atom stereocenters. The van der Waals surface area contributed by atoms with Crippen LogP contribution in [0.2, 0.25) is 0 Å². The van der Waals surface area contributed by atoms with Crippen molar-refractivity contribution in [2.24, 2.45) is 0 Å². The average molecular weight is 252 g/mol. The number of alkyl halides is 1. The highest BCUT2D eigenvalue weighted by Crippen LogP contribution is 2.26. The van der Waals surface area contributed by atoms with Crippen LogP contribution in [0.3, 0.4) is 0 Å². The number of ether oxygens (including phenoxy) is 1.